The largest absolute Gasteiger partial charge is 0.411 e. The van der Waals surface area contributed by atoms with Crippen molar-refractivity contribution < 1.29 is 32.7 Å². The monoisotopic (exact) mass is 696 g/mol. The molecule has 1 saturated carbocycles. The fourth-order valence-corrected chi connectivity index (χ4v) is 10.5. The van der Waals surface area contributed by atoms with Crippen LogP contribution in [0.15, 0.2) is 24.4 Å². The Labute approximate surface area is 305 Å². The molecule has 5 heteroatoms. The number of aromatic amines is 2. The van der Waals surface area contributed by atoms with Gasteiger partial charge in [-0.05, 0) is 146 Å². The topological polar surface area (TPSA) is 38.1 Å². The van der Waals surface area contributed by atoms with Crippen LogP contribution in [0.2, 0.25) is 0 Å². The summed E-state index contributed by atoms with van der Waals surface area (Å²) >= 11 is 0. The summed E-state index contributed by atoms with van der Waals surface area (Å²) in [5.41, 5.74) is 16.7. The Kier molecular flexibility index (Phi) is 8.51. The summed E-state index contributed by atoms with van der Waals surface area (Å²) < 4.78 is 0. The molecule has 2 aromatic heterocycles. The van der Waals surface area contributed by atoms with Gasteiger partial charge in [0, 0.05) is 90.0 Å². The van der Waals surface area contributed by atoms with Crippen molar-refractivity contribution in [1.29, 1.82) is 0 Å². The number of aryl methyl sites for hydroxylation is 3. The molecule has 1 radical (unpaired) electrons. The minimum absolute atomic E-state index is 0. The third-order valence-electron chi connectivity index (χ3n) is 12.2. The van der Waals surface area contributed by atoms with Gasteiger partial charge in [-0.3, -0.25) is 0 Å². The summed E-state index contributed by atoms with van der Waals surface area (Å²) in [5.74, 6) is 2.64. The molecule has 4 nitrogen and oxygen atoms in total. The van der Waals surface area contributed by atoms with Gasteiger partial charge in [0.2, 0.25) is 0 Å². The molecule has 7 rings (SSSR count). The van der Waals surface area contributed by atoms with E-state index < -0.39 is 0 Å². The Hall–Kier alpha value is -1.91. The van der Waals surface area contributed by atoms with E-state index in [2.05, 4.69) is 149 Å². The molecule has 6 atom stereocenters. The van der Waals surface area contributed by atoms with Gasteiger partial charge in [0.15, 0.2) is 0 Å². The molecule has 4 aliphatic rings. The van der Waals surface area contributed by atoms with Crippen molar-refractivity contribution in [3.8, 4) is 0 Å². The van der Waals surface area contributed by atoms with E-state index in [-0.39, 0.29) is 49.2 Å². The molecule has 1 aromatic carbocycles. The molecule has 2 aliphatic heterocycles. The first kappa shape index (κ1) is 35.4. The van der Waals surface area contributed by atoms with E-state index in [1.165, 1.54) is 56.1 Å². The molecule has 46 heavy (non-hydrogen) atoms. The van der Waals surface area contributed by atoms with E-state index in [4.69, 9.17) is 0 Å². The second kappa shape index (κ2) is 11.1. The van der Waals surface area contributed by atoms with Gasteiger partial charge < -0.3 is 19.8 Å². The fourth-order valence-electron chi connectivity index (χ4n) is 10.5. The molecule has 1 saturated heterocycles. The van der Waals surface area contributed by atoms with Crippen LogP contribution in [0, 0.1) is 52.4 Å². The van der Waals surface area contributed by atoms with Crippen LogP contribution in [-0.2, 0) is 38.1 Å². The average Bonchev–Trinajstić information content (AvgIpc) is 3.19. The second-order valence-electron chi connectivity index (χ2n) is 17.3. The minimum atomic E-state index is 0. The van der Waals surface area contributed by atoms with Gasteiger partial charge in [-0.2, -0.15) is 12.5 Å². The summed E-state index contributed by atoms with van der Waals surface area (Å²) in [4.78, 5) is 12.5. The Morgan fingerprint density at radius 2 is 1.43 bits per heavy atom. The van der Waals surface area contributed by atoms with Crippen molar-refractivity contribution in [3.63, 3.8) is 0 Å². The van der Waals surface area contributed by atoms with Crippen LogP contribution in [-0.4, -0.2) is 38.0 Å². The van der Waals surface area contributed by atoms with Gasteiger partial charge in [-0.25, -0.2) is 0 Å². The van der Waals surface area contributed by atoms with Crippen LogP contribution in [0.25, 0.3) is 16.5 Å². The predicted molar refractivity (Wildman–Crippen MR) is 194 cm³/mol. The smallest absolute Gasteiger partial charge is 0.0495 e. The van der Waals surface area contributed by atoms with Gasteiger partial charge in [0.05, 0.1) is 0 Å². The van der Waals surface area contributed by atoms with Gasteiger partial charge in [-0.15, -0.1) is 6.07 Å². The van der Waals surface area contributed by atoms with Gasteiger partial charge >= 0.3 is 0 Å². The maximum Gasteiger partial charge on any atom is 0.0495 e. The summed E-state index contributed by atoms with van der Waals surface area (Å²) in [5, 5.41) is 1.42. The number of hydrogen-bond donors (Lipinski definition) is 2. The molecular formula is C41H59N4Y-. The number of likely N-dealkylation sites (tertiary alicyclic amines) is 1. The molecule has 247 valence electrons. The molecular weight excluding hydrogens is 637 g/mol. The molecule has 2 aliphatic carbocycles. The zero-order valence-corrected chi connectivity index (χ0v) is 34.3. The number of aromatic nitrogens is 2. The third-order valence-corrected chi connectivity index (χ3v) is 12.2. The van der Waals surface area contributed by atoms with E-state index in [1.54, 1.807) is 5.56 Å². The van der Waals surface area contributed by atoms with E-state index in [9.17, 15) is 0 Å². The zero-order valence-electron chi connectivity index (χ0n) is 31.5. The number of nitrogens with zero attached hydrogens (tertiary/aromatic N) is 2. The molecule has 1 spiro atoms. The summed E-state index contributed by atoms with van der Waals surface area (Å²) in [6.45, 7) is 43.5. The summed E-state index contributed by atoms with van der Waals surface area (Å²) in [6.07, 6.45) is 2.36. The zero-order chi connectivity index (χ0) is 33.5. The van der Waals surface area contributed by atoms with E-state index >= 15 is 0 Å². The van der Waals surface area contributed by atoms with Crippen molar-refractivity contribution in [3.05, 3.63) is 76.2 Å². The molecule has 2 N–H and O–H groups in total. The van der Waals surface area contributed by atoms with E-state index in [0.717, 1.165) is 23.0 Å². The van der Waals surface area contributed by atoms with Gasteiger partial charge in [-0.1, -0.05) is 32.9 Å². The maximum absolute atomic E-state index is 4.35. The molecule has 0 bridgehead atoms. The summed E-state index contributed by atoms with van der Waals surface area (Å²) in [6, 6.07) is 3.40. The van der Waals surface area contributed by atoms with Crippen molar-refractivity contribution in [1.82, 2.24) is 14.9 Å². The SMILES string of the molecule is C=C1C=C2N(C(C)(C)C)C(C)C3C(C)C23c2c1[nH]c(C)c2C.[CH2-]c1cc2c(c3c(C)c(C)[nH]c13)C(C(C)C)C(C)N2C(C)(C)C.[Y]. The van der Waals surface area contributed by atoms with E-state index in [0.29, 0.717) is 23.9 Å². The molecule has 6 unspecified atom stereocenters. The number of anilines is 1. The number of benzene rings is 1. The van der Waals surface area contributed by atoms with Crippen LogP contribution < -0.4 is 4.90 Å². The Balaban J connectivity index is 0.000000177. The number of nitrogens with one attached hydrogen (secondary N) is 2. The van der Waals surface area contributed by atoms with Crippen LogP contribution >= 0.6 is 0 Å². The molecule has 3 aromatic rings. The van der Waals surface area contributed by atoms with Gasteiger partial charge in [0.25, 0.3) is 0 Å². The Morgan fingerprint density at radius 1 is 0.870 bits per heavy atom. The fraction of sp³-hybridized carbons (Fsp3) is 0.585. The number of allylic oxidation sites excluding steroid dienone is 3. The molecule has 0 amide bonds. The van der Waals surface area contributed by atoms with Crippen molar-refractivity contribution in [2.45, 2.75) is 138 Å². The van der Waals surface area contributed by atoms with Crippen LogP contribution in [0.4, 0.5) is 5.69 Å². The first-order chi connectivity index (χ1) is 20.7. The first-order valence-electron chi connectivity index (χ1n) is 17.4. The quantitative estimate of drug-likeness (QED) is 0.249. The molecule has 4 heterocycles. The van der Waals surface area contributed by atoms with Crippen LogP contribution in [0.3, 0.4) is 0 Å². The number of hydrogen-bond acceptors (Lipinski definition) is 2. The predicted octanol–water partition coefficient (Wildman–Crippen LogP) is 10.3. The Morgan fingerprint density at radius 3 is 1.98 bits per heavy atom. The Bertz CT molecular complexity index is 1750. The van der Waals surface area contributed by atoms with Crippen molar-refractivity contribution in [2.75, 3.05) is 4.90 Å². The van der Waals surface area contributed by atoms with Crippen molar-refractivity contribution >= 4 is 22.2 Å². The van der Waals surface area contributed by atoms with Gasteiger partial charge in [0.1, 0.15) is 0 Å². The number of piperidine rings is 1. The number of rotatable bonds is 1. The number of fused-ring (bicyclic) bond motifs is 4. The van der Waals surface area contributed by atoms with Crippen molar-refractivity contribution in [2.24, 2.45) is 17.8 Å². The molecule has 2 fully saturated rings. The summed E-state index contributed by atoms with van der Waals surface area (Å²) in [7, 11) is 0. The first-order valence-corrected chi connectivity index (χ1v) is 17.4. The number of H-pyrrole nitrogens is 2. The second-order valence-corrected chi connectivity index (χ2v) is 17.3. The maximum atomic E-state index is 4.35. The third kappa shape index (κ3) is 4.62. The minimum Gasteiger partial charge on any atom is -0.411 e. The van der Waals surface area contributed by atoms with E-state index in [1.807, 2.05) is 0 Å². The van der Waals surface area contributed by atoms with Crippen LogP contribution in [0.5, 0.6) is 0 Å². The standard InChI is InChI=1S/C21H31N2.C20H28N2.Y/c1-11(2)17-15(6)23(21(7,8)9)16-10-12(3)20-18(19(16)17)13(4)14(5)22-20;1-10-9-15-20(16-11(2)13(4)21-18(10)16)12(3)17(20)14(5)22(15)19(6,7)8;/h10-11,15,17,22H,3H2,1-2,4-9H3;9,12,14,17,21H,1H2,2-8H3;/q-1;;. The normalized spacial score (nSPS) is 28.0. The van der Waals surface area contributed by atoms with Crippen LogP contribution in [0.1, 0.15) is 127 Å². The average molecular weight is 697 g/mol.